The molecular weight excluding hydrogens is 463 g/mol. The maximum absolute atomic E-state index is 13.9. The predicted molar refractivity (Wildman–Crippen MR) is 109 cm³/mol. The molecule has 3 aromatic rings. The molecule has 0 aliphatic rings. The van der Waals surface area contributed by atoms with Crippen molar-refractivity contribution in [3.63, 3.8) is 0 Å². The van der Waals surface area contributed by atoms with Crippen molar-refractivity contribution in [2.45, 2.75) is 6.61 Å². The molecule has 8 nitrogen and oxygen atoms in total. The molecule has 1 aromatic heterocycles. The van der Waals surface area contributed by atoms with Gasteiger partial charge >= 0.3 is 11.9 Å². The third kappa shape index (κ3) is 4.18. The fourth-order valence-electron chi connectivity index (χ4n) is 2.85. The highest BCUT2D eigenvalue weighted by Gasteiger charge is 2.26. The summed E-state index contributed by atoms with van der Waals surface area (Å²) in [4.78, 5) is 37.3. The molecule has 0 saturated heterocycles. The van der Waals surface area contributed by atoms with Crippen molar-refractivity contribution in [1.82, 2.24) is 4.98 Å². The number of halogens is 2. The molecule has 30 heavy (non-hydrogen) atoms. The van der Waals surface area contributed by atoms with Crippen molar-refractivity contribution in [1.29, 1.82) is 0 Å². The Morgan fingerprint density at radius 2 is 1.70 bits per heavy atom. The molecule has 2 aromatic carbocycles. The highest BCUT2D eigenvalue weighted by atomic mass is 79.9. The Labute approximate surface area is 176 Å². The molecule has 0 amide bonds. The molecule has 0 bridgehead atoms. The average molecular weight is 477 g/mol. The van der Waals surface area contributed by atoms with E-state index in [1.807, 2.05) is 4.98 Å². The van der Waals surface area contributed by atoms with Crippen LogP contribution in [0.4, 0.5) is 10.2 Å². The molecule has 5 N–H and O–H groups in total. The van der Waals surface area contributed by atoms with Crippen LogP contribution in [-0.4, -0.2) is 27.1 Å². The van der Waals surface area contributed by atoms with Gasteiger partial charge < -0.3 is 25.7 Å². The van der Waals surface area contributed by atoms with E-state index < -0.39 is 40.3 Å². The van der Waals surface area contributed by atoms with E-state index in [9.17, 15) is 29.0 Å². The quantitative estimate of drug-likeness (QED) is 0.426. The summed E-state index contributed by atoms with van der Waals surface area (Å²) in [5.41, 5.74) is 3.46. The normalized spacial score (nSPS) is 10.6. The summed E-state index contributed by atoms with van der Waals surface area (Å²) < 4.78 is 20.0. The zero-order valence-corrected chi connectivity index (χ0v) is 16.7. The summed E-state index contributed by atoms with van der Waals surface area (Å²) in [6.07, 6.45) is 0. The van der Waals surface area contributed by atoms with Gasteiger partial charge in [0, 0.05) is 15.6 Å². The summed E-state index contributed by atoms with van der Waals surface area (Å²) in [6.45, 7) is -0.0584. The van der Waals surface area contributed by atoms with E-state index in [2.05, 4.69) is 15.9 Å². The first-order valence-electron chi connectivity index (χ1n) is 8.38. The number of aromatic amines is 1. The molecule has 0 saturated carbocycles. The van der Waals surface area contributed by atoms with Crippen LogP contribution in [0.5, 0.6) is 5.75 Å². The second kappa shape index (κ2) is 8.37. The lowest BCUT2D eigenvalue weighted by Crippen LogP contribution is -2.24. The molecule has 0 aliphatic heterocycles. The van der Waals surface area contributed by atoms with Crippen molar-refractivity contribution in [3.8, 4) is 16.9 Å². The Bertz CT molecular complexity index is 1210. The van der Waals surface area contributed by atoms with E-state index in [1.165, 1.54) is 30.3 Å². The summed E-state index contributed by atoms with van der Waals surface area (Å²) in [5, 5.41) is 18.9. The first kappa shape index (κ1) is 21.1. The standard InChI is InChI=1S/C20H14BrFN2O6/c21-11-4-1-10(13(22)7-11)8-30-12-5-2-9(3-6-12)14-15(19(26)27)17(23)24-18(25)16(14)20(28)29/h1-7H,8H2,(H,26,27)(H,28,29)(H3,23,24,25). The van der Waals surface area contributed by atoms with Gasteiger partial charge in [0.1, 0.15) is 35.1 Å². The van der Waals surface area contributed by atoms with Crippen LogP contribution in [0.1, 0.15) is 26.3 Å². The molecule has 154 valence electrons. The number of nitrogens with two attached hydrogens (primary N) is 1. The number of nitrogens with one attached hydrogen (secondary N) is 1. The zero-order valence-electron chi connectivity index (χ0n) is 15.1. The summed E-state index contributed by atoms with van der Waals surface area (Å²) in [6, 6.07) is 10.2. The number of rotatable bonds is 6. The number of carboxylic acid groups (broad SMARTS) is 2. The molecule has 1 heterocycles. The molecule has 0 fully saturated rings. The minimum absolute atomic E-state index is 0.0584. The van der Waals surface area contributed by atoms with Gasteiger partial charge in [-0.15, -0.1) is 0 Å². The number of aromatic nitrogens is 1. The number of carboxylic acids is 2. The molecule has 0 spiro atoms. The number of hydrogen-bond acceptors (Lipinski definition) is 5. The average Bonchev–Trinajstić information content (AvgIpc) is 2.66. The van der Waals surface area contributed by atoms with Gasteiger partial charge in [0.2, 0.25) is 0 Å². The Morgan fingerprint density at radius 1 is 1.07 bits per heavy atom. The summed E-state index contributed by atoms with van der Waals surface area (Å²) >= 11 is 3.17. The van der Waals surface area contributed by atoms with E-state index in [1.54, 1.807) is 12.1 Å². The van der Waals surface area contributed by atoms with Crippen LogP contribution in [0.25, 0.3) is 11.1 Å². The van der Waals surface area contributed by atoms with Crippen molar-refractivity contribution in [2.24, 2.45) is 0 Å². The van der Waals surface area contributed by atoms with Crippen molar-refractivity contribution in [2.75, 3.05) is 5.73 Å². The number of ether oxygens (including phenoxy) is 1. The number of anilines is 1. The van der Waals surface area contributed by atoms with Gasteiger partial charge in [0.15, 0.2) is 0 Å². The van der Waals surface area contributed by atoms with E-state index in [0.29, 0.717) is 15.8 Å². The third-order valence-corrected chi connectivity index (χ3v) is 4.72. The van der Waals surface area contributed by atoms with Gasteiger partial charge in [-0.05, 0) is 29.8 Å². The fraction of sp³-hybridized carbons (Fsp3) is 0.0500. The predicted octanol–water partition coefficient (Wildman–Crippen LogP) is 3.50. The third-order valence-electron chi connectivity index (χ3n) is 4.22. The summed E-state index contributed by atoms with van der Waals surface area (Å²) in [7, 11) is 0. The second-order valence-corrected chi connectivity index (χ2v) is 7.07. The highest BCUT2D eigenvalue weighted by molar-refractivity contribution is 9.10. The van der Waals surface area contributed by atoms with Crippen molar-refractivity contribution < 1.29 is 28.9 Å². The number of carbonyl (C=O) groups is 2. The first-order valence-corrected chi connectivity index (χ1v) is 9.17. The number of nitrogen functional groups attached to an aromatic ring is 1. The van der Waals surface area contributed by atoms with E-state index in [0.717, 1.165) is 0 Å². The first-order chi connectivity index (χ1) is 14.2. The van der Waals surface area contributed by atoms with Crippen LogP contribution in [0, 0.1) is 5.82 Å². The lowest BCUT2D eigenvalue weighted by Gasteiger charge is -2.13. The Morgan fingerprint density at radius 3 is 2.27 bits per heavy atom. The van der Waals surface area contributed by atoms with Crippen LogP contribution in [0.15, 0.2) is 51.7 Å². The highest BCUT2D eigenvalue weighted by Crippen LogP contribution is 2.30. The molecular formula is C20H14BrFN2O6. The van der Waals surface area contributed by atoms with Crippen LogP contribution in [0.2, 0.25) is 0 Å². The maximum Gasteiger partial charge on any atom is 0.342 e. The fourth-order valence-corrected chi connectivity index (χ4v) is 3.19. The van der Waals surface area contributed by atoms with Gasteiger partial charge in [-0.1, -0.05) is 34.1 Å². The molecule has 0 atom stereocenters. The van der Waals surface area contributed by atoms with Gasteiger partial charge in [-0.25, -0.2) is 14.0 Å². The van der Waals surface area contributed by atoms with Gasteiger partial charge in [0.25, 0.3) is 5.56 Å². The maximum atomic E-state index is 13.9. The molecule has 0 aliphatic carbocycles. The molecule has 3 rings (SSSR count). The van der Waals surface area contributed by atoms with Gasteiger partial charge in [-0.3, -0.25) is 4.79 Å². The zero-order chi connectivity index (χ0) is 22.0. The second-order valence-electron chi connectivity index (χ2n) is 6.15. The largest absolute Gasteiger partial charge is 0.489 e. The van der Waals surface area contributed by atoms with Crippen LogP contribution < -0.4 is 16.0 Å². The number of H-pyrrole nitrogens is 1. The van der Waals surface area contributed by atoms with Gasteiger partial charge in [-0.2, -0.15) is 0 Å². The lowest BCUT2D eigenvalue weighted by molar-refractivity contribution is 0.0695. The minimum atomic E-state index is -1.60. The van der Waals surface area contributed by atoms with Crippen molar-refractivity contribution >= 4 is 33.7 Å². The Hall–Kier alpha value is -3.66. The Balaban J connectivity index is 1.97. The topological polar surface area (TPSA) is 143 Å². The number of hydrogen-bond donors (Lipinski definition) is 4. The van der Waals surface area contributed by atoms with Gasteiger partial charge in [0.05, 0.1) is 0 Å². The summed E-state index contributed by atoms with van der Waals surface area (Å²) in [5.74, 6) is -3.67. The molecule has 0 unspecified atom stereocenters. The molecule has 0 radical (unpaired) electrons. The Kier molecular flexibility index (Phi) is 5.88. The number of pyridine rings is 1. The van der Waals surface area contributed by atoms with Crippen LogP contribution >= 0.6 is 15.9 Å². The molecule has 10 heteroatoms. The van der Waals surface area contributed by atoms with Crippen LogP contribution in [-0.2, 0) is 6.61 Å². The monoisotopic (exact) mass is 476 g/mol. The van der Waals surface area contributed by atoms with E-state index in [4.69, 9.17) is 10.5 Å². The van der Waals surface area contributed by atoms with Crippen LogP contribution in [0.3, 0.4) is 0 Å². The minimum Gasteiger partial charge on any atom is -0.489 e. The number of benzene rings is 2. The lowest BCUT2D eigenvalue weighted by atomic mass is 9.95. The van der Waals surface area contributed by atoms with Crippen molar-refractivity contribution in [3.05, 3.63) is 79.8 Å². The SMILES string of the molecule is Nc1[nH]c(=O)c(C(=O)O)c(-c2ccc(OCc3ccc(Br)cc3F)cc2)c1C(=O)O. The number of aromatic carboxylic acids is 2. The smallest absolute Gasteiger partial charge is 0.342 e. The van der Waals surface area contributed by atoms with E-state index >= 15 is 0 Å². The van der Waals surface area contributed by atoms with E-state index in [-0.39, 0.29) is 17.7 Å².